The minimum Gasteiger partial charge on any atom is -0.461 e. The number of carbonyl (C=O) groups excluding carboxylic acids is 1. The second-order valence-electron chi connectivity index (χ2n) is 6.65. The SMILES string of the molecule is CCOC(=O)c1cc(Cl)c2c(n1)C=C(c1ccccc1Cl)N(c1ccc(Cl)cc1)C2. The largest absolute Gasteiger partial charge is 0.461 e. The predicted molar refractivity (Wildman–Crippen MR) is 122 cm³/mol. The number of esters is 1. The summed E-state index contributed by atoms with van der Waals surface area (Å²) in [5.41, 5.74) is 4.23. The number of hydrogen-bond donors (Lipinski definition) is 0. The molecule has 7 heteroatoms. The molecule has 4 nitrogen and oxygen atoms in total. The summed E-state index contributed by atoms with van der Waals surface area (Å²) < 4.78 is 5.08. The summed E-state index contributed by atoms with van der Waals surface area (Å²) in [6, 6.07) is 16.7. The number of fused-ring (bicyclic) bond motifs is 1. The normalized spacial score (nSPS) is 12.9. The Morgan fingerprint density at radius 2 is 1.80 bits per heavy atom. The highest BCUT2D eigenvalue weighted by molar-refractivity contribution is 6.33. The zero-order valence-electron chi connectivity index (χ0n) is 16.0. The smallest absolute Gasteiger partial charge is 0.356 e. The second-order valence-corrected chi connectivity index (χ2v) is 7.90. The molecule has 3 aromatic rings. The van der Waals surface area contributed by atoms with Crippen molar-refractivity contribution in [3.63, 3.8) is 0 Å². The van der Waals surface area contributed by atoms with Crippen LogP contribution < -0.4 is 4.90 Å². The Labute approximate surface area is 189 Å². The molecule has 1 aliphatic heterocycles. The fourth-order valence-corrected chi connectivity index (χ4v) is 3.96. The van der Waals surface area contributed by atoms with E-state index < -0.39 is 5.97 Å². The highest BCUT2D eigenvalue weighted by Gasteiger charge is 2.26. The van der Waals surface area contributed by atoms with E-state index >= 15 is 0 Å². The summed E-state index contributed by atoms with van der Waals surface area (Å²) >= 11 is 19.1. The summed E-state index contributed by atoms with van der Waals surface area (Å²) in [6.45, 7) is 2.47. The number of pyridine rings is 1. The fraction of sp³-hybridized carbons (Fsp3) is 0.130. The van der Waals surface area contributed by atoms with Crippen LogP contribution in [0, 0.1) is 0 Å². The van der Waals surface area contributed by atoms with Gasteiger partial charge in [0.25, 0.3) is 0 Å². The first-order chi connectivity index (χ1) is 14.5. The molecule has 0 amide bonds. The number of anilines is 1. The highest BCUT2D eigenvalue weighted by Crippen LogP contribution is 2.39. The summed E-state index contributed by atoms with van der Waals surface area (Å²) in [4.78, 5) is 18.8. The van der Waals surface area contributed by atoms with Crippen molar-refractivity contribution in [2.45, 2.75) is 13.5 Å². The highest BCUT2D eigenvalue weighted by atomic mass is 35.5. The van der Waals surface area contributed by atoms with Gasteiger partial charge in [0.05, 0.1) is 29.6 Å². The number of carbonyl (C=O) groups is 1. The van der Waals surface area contributed by atoms with E-state index in [1.165, 1.54) is 0 Å². The molecule has 0 bridgehead atoms. The lowest BCUT2D eigenvalue weighted by molar-refractivity contribution is 0.0519. The number of rotatable bonds is 4. The Hall–Kier alpha value is -2.53. The molecule has 0 spiro atoms. The molecule has 30 heavy (non-hydrogen) atoms. The van der Waals surface area contributed by atoms with Crippen molar-refractivity contribution in [3.8, 4) is 0 Å². The van der Waals surface area contributed by atoms with Gasteiger partial charge >= 0.3 is 5.97 Å². The molecule has 0 unspecified atom stereocenters. The van der Waals surface area contributed by atoms with Crippen LogP contribution in [0.15, 0.2) is 54.6 Å². The third-order valence-corrected chi connectivity index (χ3v) is 5.67. The van der Waals surface area contributed by atoms with Crippen molar-refractivity contribution in [2.24, 2.45) is 0 Å². The third-order valence-electron chi connectivity index (χ3n) is 4.75. The Bertz CT molecular complexity index is 1140. The maximum absolute atomic E-state index is 12.2. The van der Waals surface area contributed by atoms with Gasteiger partial charge in [-0.1, -0.05) is 53.0 Å². The molecular weight excluding hydrogens is 443 g/mol. The van der Waals surface area contributed by atoms with E-state index in [0.29, 0.717) is 27.3 Å². The van der Waals surface area contributed by atoms with Crippen LogP contribution in [0.3, 0.4) is 0 Å². The number of nitrogens with zero attached hydrogens (tertiary/aromatic N) is 2. The van der Waals surface area contributed by atoms with Gasteiger partial charge in [-0.2, -0.15) is 0 Å². The van der Waals surface area contributed by atoms with Gasteiger partial charge in [-0.15, -0.1) is 0 Å². The van der Waals surface area contributed by atoms with Crippen LogP contribution in [-0.4, -0.2) is 17.6 Å². The first-order valence-electron chi connectivity index (χ1n) is 9.34. The standard InChI is InChI=1S/C23H17Cl3N2O2/c1-2-30-23(29)21-11-19(26)17-13-28(15-9-7-14(24)8-10-15)22(12-20(17)27-21)16-5-3-4-6-18(16)25/h3-12H,2,13H2,1H3. The molecule has 2 heterocycles. The van der Waals surface area contributed by atoms with E-state index in [9.17, 15) is 4.79 Å². The summed E-state index contributed by atoms with van der Waals surface area (Å²) in [5, 5.41) is 1.72. The van der Waals surface area contributed by atoms with Crippen molar-refractivity contribution < 1.29 is 9.53 Å². The summed E-state index contributed by atoms with van der Waals surface area (Å²) in [7, 11) is 0. The van der Waals surface area contributed by atoms with E-state index in [1.807, 2.05) is 54.6 Å². The van der Waals surface area contributed by atoms with E-state index in [4.69, 9.17) is 39.5 Å². The summed E-state index contributed by atoms with van der Waals surface area (Å²) in [6.07, 6.45) is 1.89. The molecule has 0 atom stereocenters. The van der Waals surface area contributed by atoms with Crippen LogP contribution in [0.25, 0.3) is 11.8 Å². The molecular formula is C23H17Cl3N2O2. The minimum absolute atomic E-state index is 0.176. The topological polar surface area (TPSA) is 42.4 Å². The van der Waals surface area contributed by atoms with Gasteiger partial charge in [0.2, 0.25) is 0 Å². The number of aromatic nitrogens is 1. The van der Waals surface area contributed by atoms with Crippen LogP contribution in [0.4, 0.5) is 5.69 Å². The average molecular weight is 460 g/mol. The molecule has 0 aliphatic carbocycles. The van der Waals surface area contributed by atoms with Gasteiger partial charge in [0, 0.05) is 26.9 Å². The molecule has 0 radical (unpaired) electrons. The first-order valence-corrected chi connectivity index (χ1v) is 10.5. The fourth-order valence-electron chi connectivity index (χ4n) is 3.34. The quantitative estimate of drug-likeness (QED) is 0.405. The van der Waals surface area contributed by atoms with Crippen LogP contribution in [-0.2, 0) is 11.3 Å². The second kappa shape index (κ2) is 8.68. The van der Waals surface area contributed by atoms with Crippen molar-refractivity contribution in [2.75, 3.05) is 11.5 Å². The monoisotopic (exact) mass is 458 g/mol. The molecule has 4 rings (SSSR count). The maximum Gasteiger partial charge on any atom is 0.356 e. The Kier molecular flexibility index (Phi) is 6.00. The minimum atomic E-state index is -0.505. The zero-order chi connectivity index (χ0) is 21.3. The average Bonchev–Trinajstić information content (AvgIpc) is 2.74. The molecule has 0 saturated heterocycles. The van der Waals surface area contributed by atoms with Gasteiger partial charge in [-0.05, 0) is 49.4 Å². The number of hydrogen-bond acceptors (Lipinski definition) is 4. The van der Waals surface area contributed by atoms with E-state index in [1.54, 1.807) is 13.0 Å². The van der Waals surface area contributed by atoms with Crippen molar-refractivity contribution in [1.29, 1.82) is 0 Å². The Morgan fingerprint density at radius 1 is 1.07 bits per heavy atom. The number of ether oxygens (including phenoxy) is 1. The molecule has 0 saturated carbocycles. The van der Waals surface area contributed by atoms with E-state index in [2.05, 4.69) is 9.88 Å². The predicted octanol–water partition coefficient (Wildman–Crippen LogP) is 6.74. The molecule has 1 aromatic heterocycles. The number of benzene rings is 2. The first kappa shape index (κ1) is 20.7. The molecule has 0 N–H and O–H groups in total. The Balaban J connectivity index is 1.88. The molecule has 0 fully saturated rings. The molecule has 2 aromatic carbocycles. The van der Waals surface area contributed by atoms with Crippen molar-refractivity contribution in [1.82, 2.24) is 4.98 Å². The van der Waals surface area contributed by atoms with Crippen LogP contribution in [0.5, 0.6) is 0 Å². The van der Waals surface area contributed by atoms with Crippen molar-refractivity contribution >= 4 is 58.2 Å². The van der Waals surface area contributed by atoms with Gasteiger partial charge in [0.1, 0.15) is 0 Å². The lowest BCUT2D eigenvalue weighted by Crippen LogP contribution is -2.26. The Morgan fingerprint density at radius 3 is 2.50 bits per heavy atom. The maximum atomic E-state index is 12.2. The van der Waals surface area contributed by atoms with Gasteiger partial charge < -0.3 is 9.64 Å². The van der Waals surface area contributed by atoms with Crippen LogP contribution >= 0.6 is 34.8 Å². The molecule has 152 valence electrons. The lowest BCUT2D eigenvalue weighted by atomic mass is 10.0. The zero-order valence-corrected chi connectivity index (χ0v) is 18.3. The number of halogens is 3. The van der Waals surface area contributed by atoms with Gasteiger partial charge in [-0.3, -0.25) is 0 Å². The van der Waals surface area contributed by atoms with Gasteiger partial charge in [0.15, 0.2) is 5.69 Å². The van der Waals surface area contributed by atoms with E-state index in [-0.39, 0.29) is 12.3 Å². The summed E-state index contributed by atoms with van der Waals surface area (Å²) in [5.74, 6) is -0.505. The lowest BCUT2D eigenvalue weighted by Gasteiger charge is -2.33. The van der Waals surface area contributed by atoms with Crippen LogP contribution in [0.2, 0.25) is 15.1 Å². The van der Waals surface area contributed by atoms with Crippen molar-refractivity contribution in [3.05, 3.63) is 92.2 Å². The van der Waals surface area contributed by atoms with Gasteiger partial charge in [-0.25, -0.2) is 9.78 Å². The van der Waals surface area contributed by atoms with E-state index in [0.717, 1.165) is 22.5 Å². The molecule has 1 aliphatic rings. The van der Waals surface area contributed by atoms with Crippen LogP contribution in [0.1, 0.15) is 34.2 Å². The third kappa shape index (κ3) is 4.04.